The molecule has 0 amide bonds. The molecule has 2 rings (SSSR count). The molecule has 0 fully saturated rings. The van der Waals surface area contributed by atoms with E-state index in [1.807, 2.05) is 36.4 Å². The van der Waals surface area contributed by atoms with Crippen molar-refractivity contribution in [2.75, 3.05) is 7.11 Å². The van der Waals surface area contributed by atoms with Crippen molar-refractivity contribution in [1.82, 2.24) is 0 Å². The van der Waals surface area contributed by atoms with Crippen molar-refractivity contribution in [2.24, 2.45) is 0 Å². The van der Waals surface area contributed by atoms with Crippen molar-refractivity contribution in [3.63, 3.8) is 0 Å². The lowest BCUT2D eigenvalue weighted by Gasteiger charge is -2.09. The average molecular weight is 276 g/mol. The molecule has 0 spiro atoms. The summed E-state index contributed by atoms with van der Waals surface area (Å²) in [6.07, 6.45) is 0. The summed E-state index contributed by atoms with van der Waals surface area (Å²) in [7, 11) is 1.44. The minimum atomic E-state index is -0.0748. The third kappa shape index (κ3) is 3.40. The van der Waals surface area contributed by atoms with Crippen LogP contribution in [0, 0.1) is 17.9 Å². The van der Waals surface area contributed by atoms with E-state index in [2.05, 4.69) is 4.85 Å². The van der Waals surface area contributed by atoms with E-state index in [0.29, 0.717) is 11.3 Å². The highest BCUT2D eigenvalue weighted by atomic mass is 16.5. The molecular formula is C17H12N2O2. The standard InChI is InChI=1S/C17H12N2O2/c1-19-16(12-18)17(20-2)13-8-10-15(11-9-13)21-14-6-4-3-5-7-14/h3-11H,2H3/b17-16-. The first-order valence-corrected chi connectivity index (χ1v) is 6.17. The molecule has 0 unspecified atom stereocenters. The third-order valence-electron chi connectivity index (χ3n) is 2.73. The summed E-state index contributed by atoms with van der Waals surface area (Å²) in [5, 5.41) is 8.91. The fraction of sp³-hybridized carbons (Fsp3) is 0.0588. The van der Waals surface area contributed by atoms with E-state index in [1.165, 1.54) is 7.11 Å². The number of rotatable bonds is 4. The summed E-state index contributed by atoms with van der Waals surface area (Å²) in [6.45, 7) is 6.97. The van der Waals surface area contributed by atoms with E-state index in [-0.39, 0.29) is 11.5 Å². The van der Waals surface area contributed by atoms with Crippen LogP contribution in [0.5, 0.6) is 11.5 Å². The Morgan fingerprint density at radius 1 is 1.05 bits per heavy atom. The lowest BCUT2D eigenvalue weighted by atomic mass is 10.1. The topological polar surface area (TPSA) is 46.6 Å². The number of para-hydroxylation sites is 1. The van der Waals surface area contributed by atoms with E-state index < -0.39 is 0 Å². The Labute approximate surface area is 123 Å². The van der Waals surface area contributed by atoms with Gasteiger partial charge in [0, 0.05) is 5.56 Å². The number of methoxy groups -OCH3 is 1. The summed E-state index contributed by atoms with van der Waals surface area (Å²) >= 11 is 0. The third-order valence-corrected chi connectivity index (χ3v) is 2.73. The van der Waals surface area contributed by atoms with E-state index >= 15 is 0 Å². The molecule has 0 aliphatic heterocycles. The summed E-state index contributed by atoms with van der Waals surface area (Å²) in [6, 6.07) is 18.3. The minimum absolute atomic E-state index is 0.0748. The first-order chi connectivity index (χ1) is 10.3. The Hall–Kier alpha value is -3.24. The van der Waals surface area contributed by atoms with Gasteiger partial charge < -0.3 is 9.47 Å². The van der Waals surface area contributed by atoms with Crippen LogP contribution in [0.15, 0.2) is 60.3 Å². The molecule has 0 aromatic heterocycles. The zero-order chi connectivity index (χ0) is 15.1. The molecule has 102 valence electrons. The molecule has 4 nitrogen and oxygen atoms in total. The summed E-state index contributed by atoms with van der Waals surface area (Å²) < 4.78 is 10.8. The fourth-order valence-electron chi connectivity index (χ4n) is 1.78. The van der Waals surface area contributed by atoms with Crippen molar-refractivity contribution in [2.45, 2.75) is 0 Å². The molecular weight excluding hydrogens is 264 g/mol. The summed E-state index contributed by atoms with van der Waals surface area (Å²) in [5.74, 6) is 1.67. The maximum Gasteiger partial charge on any atom is 0.303 e. The van der Waals surface area contributed by atoms with Gasteiger partial charge in [0.1, 0.15) is 17.3 Å². The van der Waals surface area contributed by atoms with Gasteiger partial charge in [-0.15, -0.1) is 0 Å². The first-order valence-electron chi connectivity index (χ1n) is 6.17. The van der Waals surface area contributed by atoms with Crippen LogP contribution in [0.4, 0.5) is 0 Å². The zero-order valence-electron chi connectivity index (χ0n) is 11.4. The molecule has 2 aromatic carbocycles. The molecule has 0 N–H and O–H groups in total. The predicted molar refractivity (Wildman–Crippen MR) is 79.1 cm³/mol. The Balaban J connectivity index is 2.26. The Kier molecular flexibility index (Phi) is 4.58. The van der Waals surface area contributed by atoms with Gasteiger partial charge in [0.2, 0.25) is 0 Å². The van der Waals surface area contributed by atoms with Gasteiger partial charge in [-0.05, 0) is 36.4 Å². The first kappa shape index (κ1) is 14.2. The number of benzene rings is 2. The Bertz CT molecular complexity index is 704. The van der Waals surface area contributed by atoms with Crippen molar-refractivity contribution >= 4 is 5.76 Å². The molecule has 2 aromatic rings. The average Bonchev–Trinajstić information content (AvgIpc) is 2.54. The van der Waals surface area contributed by atoms with Crippen LogP contribution in [0.1, 0.15) is 5.56 Å². The van der Waals surface area contributed by atoms with Crippen molar-refractivity contribution in [3.8, 4) is 17.6 Å². The van der Waals surface area contributed by atoms with Crippen LogP contribution < -0.4 is 4.74 Å². The second kappa shape index (κ2) is 6.79. The van der Waals surface area contributed by atoms with Gasteiger partial charge in [-0.3, -0.25) is 0 Å². The van der Waals surface area contributed by atoms with Crippen molar-refractivity contribution < 1.29 is 9.47 Å². The van der Waals surface area contributed by atoms with E-state index in [0.717, 1.165) is 5.75 Å². The van der Waals surface area contributed by atoms with Gasteiger partial charge in [0.05, 0.1) is 19.8 Å². The molecule has 0 aliphatic carbocycles. The molecule has 21 heavy (non-hydrogen) atoms. The number of ether oxygens (including phenoxy) is 2. The van der Waals surface area contributed by atoms with E-state index in [9.17, 15) is 0 Å². The van der Waals surface area contributed by atoms with E-state index in [1.54, 1.807) is 24.3 Å². The highest BCUT2D eigenvalue weighted by molar-refractivity contribution is 5.68. The van der Waals surface area contributed by atoms with Crippen LogP contribution >= 0.6 is 0 Å². The lowest BCUT2D eigenvalue weighted by Crippen LogP contribution is -1.91. The number of nitriles is 1. The number of hydrogen-bond donors (Lipinski definition) is 0. The smallest absolute Gasteiger partial charge is 0.303 e. The zero-order valence-corrected chi connectivity index (χ0v) is 11.4. The molecule has 4 heteroatoms. The summed E-state index contributed by atoms with van der Waals surface area (Å²) in [4.78, 5) is 3.16. The molecule has 0 heterocycles. The molecule has 0 bridgehead atoms. The highest BCUT2D eigenvalue weighted by Gasteiger charge is 2.10. The summed E-state index contributed by atoms with van der Waals surface area (Å²) in [5.41, 5.74) is 0.583. The van der Waals surface area contributed by atoms with Gasteiger partial charge in [0.25, 0.3) is 0 Å². The lowest BCUT2D eigenvalue weighted by molar-refractivity contribution is 0.368. The van der Waals surface area contributed by atoms with Crippen molar-refractivity contribution in [1.29, 1.82) is 5.26 Å². The Morgan fingerprint density at radius 2 is 1.67 bits per heavy atom. The molecule has 0 atom stereocenters. The van der Waals surface area contributed by atoms with Crippen LogP contribution in [0.3, 0.4) is 0 Å². The van der Waals surface area contributed by atoms with Gasteiger partial charge in [0.15, 0.2) is 0 Å². The van der Waals surface area contributed by atoms with Gasteiger partial charge in [-0.2, -0.15) is 0 Å². The van der Waals surface area contributed by atoms with E-state index in [4.69, 9.17) is 21.3 Å². The maximum absolute atomic E-state index is 8.91. The fourth-order valence-corrected chi connectivity index (χ4v) is 1.78. The minimum Gasteiger partial charge on any atom is -0.506 e. The van der Waals surface area contributed by atoms with Crippen LogP contribution in [-0.4, -0.2) is 7.11 Å². The normalized spacial score (nSPS) is 10.8. The SMILES string of the molecule is [C-]#[N+]/C(C#N)=C(\OC)c1ccc(Oc2ccccc2)cc1. The largest absolute Gasteiger partial charge is 0.506 e. The second-order valence-electron chi connectivity index (χ2n) is 4.04. The monoisotopic (exact) mass is 276 g/mol. The van der Waals surface area contributed by atoms with Crippen molar-refractivity contribution in [3.05, 3.63) is 77.3 Å². The van der Waals surface area contributed by atoms with Gasteiger partial charge in [-0.25, -0.2) is 10.1 Å². The highest BCUT2D eigenvalue weighted by Crippen LogP contribution is 2.25. The number of hydrogen-bond acceptors (Lipinski definition) is 3. The molecule has 0 saturated carbocycles. The van der Waals surface area contributed by atoms with Crippen LogP contribution in [0.2, 0.25) is 0 Å². The molecule has 0 radical (unpaired) electrons. The van der Waals surface area contributed by atoms with Gasteiger partial charge in [-0.1, -0.05) is 18.2 Å². The predicted octanol–water partition coefficient (Wildman–Crippen LogP) is 4.24. The quantitative estimate of drug-likeness (QED) is 0.477. The van der Waals surface area contributed by atoms with Gasteiger partial charge >= 0.3 is 5.70 Å². The van der Waals surface area contributed by atoms with Crippen LogP contribution in [-0.2, 0) is 4.74 Å². The Morgan fingerprint density at radius 3 is 2.19 bits per heavy atom. The number of nitrogens with zero attached hydrogens (tertiary/aromatic N) is 2. The maximum atomic E-state index is 8.91. The second-order valence-corrected chi connectivity index (χ2v) is 4.04. The molecule has 0 saturated heterocycles. The number of allylic oxidation sites excluding steroid dienone is 1. The molecule has 0 aliphatic rings. The van der Waals surface area contributed by atoms with Crippen LogP contribution in [0.25, 0.3) is 10.6 Å².